The van der Waals surface area contributed by atoms with Crippen molar-refractivity contribution in [3.63, 3.8) is 0 Å². The molecular formula is C16H21N3O4S. The molecular weight excluding hydrogens is 330 g/mol. The van der Waals surface area contributed by atoms with Gasteiger partial charge in [-0.2, -0.15) is 0 Å². The molecule has 8 heteroatoms. The van der Waals surface area contributed by atoms with E-state index in [1.807, 2.05) is 0 Å². The van der Waals surface area contributed by atoms with E-state index in [0.717, 1.165) is 25.7 Å². The van der Waals surface area contributed by atoms with Crippen molar-refractivity contribution >= 4 is 35.1 Å². The van der Waals surface area contributed by atoms with Gasteiger partial charge in [-0.25, -0.2) is 19.4 Å². The van der Waals surface area contributed by atoms with E-state index in [2.05, 4.69) is 20.4 Å². The van der Waals surface area contributed by atoms with Gasteiger partial charge in [0.15, 0.2) is 0 Å². The topological polar surface area (TPSA) is 96.9 Å². The first-order chi connectivity index (χ1) is 11.6. The minimum Gasteiger partial charge on any atom is -0.465 e. The van der Waals surface area contributed by atoms with Crippen LogP contribution in [-0.4, -0.2) is 38.3 Å². The van der Waals surface area contributed by atoms with Gasteiger partial charge in [-0.3, -0.25) is 0 Å². The van der Waals surface area contributed by atoms with Crippen molar-refractivity contribution < 1.29 is 19.1 Å². The molecule has 0 spiro atoms. The Balaban J connectivity index is 1.80. The Morgan fingerprint density at radius 1 is 1.42 bits per heavy atom. The second-order valence-corrected chi connectivity index (χ2v) is 6.74. The summed E-state index contributed by atoms with van der Waals surface area (Å²) in [6.45, 7) is 1.08. The van der Waals surface area contributed by atoms with Crippen LogP contribution >= 0.6 is 11.3 Å². The molecule has 0 aliphatic heterocycles. The third-order valence-electron chi connectivity index (χ3n) is 4.14. The SMILES string of the molecule is COC(=O)c1sccc1NC(=O)NCC1CCCC(CN=C=O)C1. The molecule has 2 unspecified atom stereocenters. The number of hydrogen-bond donors (Lipinski definition) is 2. The molecule has 0 bridgehead atoms. The zero-order valence-electron chi connectivity index (χ0n) is 13.5. The number of aliphatic imine (C=N–C) groups is 1. The molecule has 2 atom stereocenters. The summed E-state index contributed by atoms with van der Waals surface area (Å²) in [7, 11) is 1.31. The summed E-state index contributed by atoms with van der Waals surface area (Å²) < 4.78 is 4.68. The van der Waals surface area contributed by atoms with E-state index in [4.69, 9.17) is 0 Å². The van der Waals surface area contributed by atoms with Crippen molar-refractivity contribution in [3.8, 4) is 0 Å². The summed E-state index contributed by atoms with van der Waals surface area (Å²) >= 11 is 1.22. The van der Waals surface area contributed by atoms with Gasteiger partial charge in [0, 0.05) is 6.54 Å². The van der Waals surface area contributed by atoms with Crippen LogP contribution in [0, 0.1) is 11.8 Å². The molecule has 7 nitrogen and oxygen atoms in total. The Morgan fingerprint density at radius 2 is 2.21 bits per heavy atom. The molecule has 1 aromatic rings. The number of methoxy groups -OCH3 is 1. The van der Waals surface area contributed by atoms with Crippen LogP contribution in [0.2, 0.25) is 0 Å². The first-order valence-electron chi connectivity index (χ1n) is 7.88. The molecule has 24 heavy (non-hydrogen) atoms. The summed E-state index contributed by atoms with van der Waals surface area (Å²) in [6, 6.07) is 1.33. The summed E-state index contributed by atoms with van der Waals surface area (Å²) in [5.74, 6) is 0.294. The van der Waals surface area contributed by atoms with Crippen molar-refractivity contribution in [1.82, 2.24) is 5.32 Å². The minimum atomic E-state index is -0.467. The molecule has 2 N–H and O–H groups in total. The fourth-order valence-electron chi connectivity index (χ4n) is 2.98. The smallest absolute Gasteiger partial charge is 0.350 e. The van der Waals surface area contributed by atoms with Crippen molar-refractivity contribution in [3.05, 3.63) is 16.3 Å². The highest BCUT2D eigenvalue weighted by atomic mass is 32.1. The molecule has 1 aromatic heterocycles. The third-order valence-corrected chi connectivity index (χ3v) is 5.04. The maximum Gasteiger partial charge on any atom is 0.350 e. The van der Waals surface area contributed by atoms with Crippen LogP contribution in [0.1, 0.15) is 35.4 Å². The summed E-state index contributed by atoms with van der Waals surface area (Å²) in [5.41, 5.74) is 0.450. The molecule has 2 amide bonds. The Labute approximate surface area is 144 Å². The Bertz CT molecular complexity index is 625. The van der Waals surface area contributed by atoms with Gasteiger partial charge in [0.05, 0.1) is 19.3 Å². The Hall–Kier alpha value is -2.18. The molecule has 1 aliphatic carbocycles. The highest BCUT2D eigenvalue weighted by Gasteiger charge is 2.22. The fraction of sp³-hybridized carbons (Fsp3) is 0.562. The highest BCUT2D eigenvalue weighted by molar-refractivity contribution is 7.12. The number of rotatable bonds is 6. The minimum absolute atomic E-state index is 0.341. The second kappa shape index (κ2) is 9.20. The number of hydrogen-bond acceptors (Lipinski definition) is 6. The number of carbonyl (C=O) groups excluding carboxylic acids is 3. The van der Waals surface area contributed by atoms with Crippen molar-refractivity contribution in [1.29, 1.82) is 0 Å². The number of ether oxygens (including phenoxy) is 1. The van der Waals surface area contributed by atoms with E-state index in [1.54, 1.807) is 17.5 Å². The van der Waals surface area contributed by atoms with Gasteiger partial charge in [-0.15, -0.1) is 11.3 Å². The summed E-state index contributed by atoms with van der Waals surface area (Å²) in [5, 5.41) is 7.25. The average molecular weight is 351 g/mol. The molecule has 2 rings (SSSR count). The van der Waals surface area contributed by atoms with E-state index in [1.165, 1.54) is 18.4 Å². The van der Waals surface area contributed by atoms with Crippen LogP contribution in [0.4, 0.5) is 10.5 Å². The van der Waals surface area contributed by atoms with Gasteiger partial charge < -0.3 is 15.4 Å². The number of carbonyl (C=O) groups is 2. The zero-order valence-corrected chi connectivity index (χ0v) is 14.4. The second-order valence-electron chi connectivity index (χ2n) is 5.82. The van der Waals surface area contributed by atoms with Crippen molar-refractivity contribution in [2.24, 2.45) is 16.8 Å². The van der Waals surface area contributed by atoms with Crippen LogP contribution in [-0.2, 0) is 9.53 Å². The van der Waals surface area contributed by atoms with Crippen LogP contribution < -0.4 is 10.6 Å². The molecule has 1 saturated carbocycles. The lowest BCUT2D eigenvalue weighted by Gasteiger charge is -2.28. The quantitative estimate of drug-likeness (QED) is 0.468. The Morgan fingerprint density at radius 3 is 2.96 bits per heavy atom. The van der Waals surface area contributed by atoms with Crippen LogP contribution in [0.25, 0.3) is 0 Å². The maximum absolute atomic E-state index is 12.0. The number of esters is 1. The van der Waals surface area contributed by atoms with E-state index in [0.29, 0.717) is 35.5 Å². The maximum atomic E-state index is 12.0. The molecule has 1 fully saturated rings. The summed E-state index contributed by atoms with van der Waals surface area (Å²) in [4.78, 5) is 37.9. The normalized spacial score (nSPS) is 19.9. The molecule has 1 heterocycles. The lowest BCUT2D eigenvalue weighted by Crippen LogP contribution is -2.35. The van der Waals surface area contributed by atoms with Gasteiger partial charge >= 0.3 is 12.0 Å². The average Bonchev–Trinajstić information content (AvgIpc) is 3.06. The van der Waals surface area contributed by atoms with Gasteiger partial charge in [0.1, 0.15) is 4.88 Å². The van der Waals surface area contributed by atoms with Gasteiger partial charge in [0.2, 0.25) is 6.08 Å². The molecule has 0 saturated heterocycles. The number of nitrogens with one attached hydrogen (secondary N) is 2. The van der Waals surface area contributed by atoms with Gasteiger partial charge in [-0.05, 0) is 42.5 Å². The van der Waals surface area contributed by atoms with E-state index >= 15 is 0 Å². The molecule has 130 valence electrons. The first-order valence-corrected chi connectivity index (χ1v) is 8.76. The zero-order chi connectivity index (χ0) is 17.4. The number of urea groups is 1. The lowest BCUT2D eigenvalue weighted by molar-refractivity contribution is 0.0607. The molecule has 1 aliphatic rings. The van der Waals surface area contributed by atoms with Gasteiger partial charge in [0.25, 0.3) is 0 Å². The highest BCUT2D eigenvalue weighted by Crippen LogP contribution is 2.29. The fourth-order valence-corrected chi connectivity index (χ4v) is 3.75. The molecule has 0 aromatic carbocycles. The molecule has 0 radical (unpaired) electrons. The van der Waals surface area contributed by atoms with E-state index in [9.17, 15) is 14.4 Å². The van der Waals surface area contributed by atoms with Crippen molar-refractivity contribution in [2.45, 2.75) is 25.7 Å². The van der Waals surface area contributed by atoms with Crippen LogP contribution in [0.3, 0.4) is 0 Å². The number of nitrogens with zero attached hydrogens (tertiary/aromatic N) is 1. The first kappa shape index (κ1) is 18.2. The number of isocyanates is 1. The predicted molar refractivity (Wildman–Crippen MR) is 91.1 cm³/mol. The van der Waals surface area contributed by atoms with E-state index < -0.39 is 5.97 Å². The number of thiophene rings is 1. The standard InChI is InChI=1S/C16H21N3O4S/c1-23-15(21)14-13(5-6-24-14)19-16(22)18-9-12-4-2-3-11(7-12)8-17-10-20/h5-6,11-12H,2-4,7-9H2,1H3,(H2,18,19,22). The largest absolute Gasteiger partial charge is 0.465 e. The third kappa shape index (κ3) is 5.18. The van der Waals surface area contributed by atoms with Crippen molar-refractivity contribution in [2.75, 3.05) is 25.5 Å². The monoisotopic (exact) mass is 351 g/mol. The lowest BCUT2D eigenvalue weighted by atomic mass is 9.81. The van der Waals surface area contributed by atoms with Crippen LogP contribution in [0.5, 0.6) is 0 Å². The predicted octanol–water partition coefficient (Wildman–Crippen LogP) is 2.80. The van der Waals surface area contributed by atoms with Gasteiger partial charge in [-0.1, -0.05) is 6.42 Å². The number of amides is 2. The van der Waals surface area contributed by atoms with E-state index in [-0.39, 0.29) is 6.03 Å². The Kier molecular flexibility index (Phi) is 6.96. The summed E-state index contributed by atoms with van der Waals surface area (Å²) in [6.07, 6.45) is 5.71. The number of anilines is 1. The van der Waals surface area contributed by atoms with Crippen LogP contribution in [0.15, 0.2) is 16.4 Å².